The summed E-state index contributed by atoms with van der Waals surface area (Å²) < 4.78 is 0. The summed E-state index contributed by atoms with van der Waals surface area (Å²) in [5, 5.41) is 12.1. The molecule has 1 aliphatic carbocycles. The number of hydrogen-bond donors (Lipinski definition) is 2. The summed E-state index contributed by atoms with van der Waals surface area (Å²) in [5.74, 6) is -1.45. The molecule has 1 amide bonds. The van der Waals surface area contributed by atoms with E-state index in [0.717, 1.165) is 6.42 Å². The van der Waals surface area contributed by atoms with E-state index in [9.17, 15) is 14.7 Å². The van der Waals surface area contributed by atoms with E-state index in [0.29, 0.717) is 25.3 Å². The number of aliphatic carboxylic acids is 1. The van der Waals surface area contributed by atoms with Crippen molar-refractivity contribution in [2.24, 2.45) is 17.8 Å². The van der Waals surface area contributed by atoms with Gasteiger partial charge in [-0.2, -0.15) is 0 Å². The minimum atomic E-state index is -0.836. The molecule has 1 fully saturated rings. The third kappa shape index (κ3) is 4.20. The number of carbonyl (C=O) groups is 2. The van der Waals surface area contributed by atoms with Crippen LogP contribution in [0, 0.1) is 17.8 Å². The molecule has 0 aliphatic heterocycles. The zero-order valence-corrected chi connectivity index (χ0v) is 12.3. The van der Waals surface area contributed by atoms with E-state index in [-0.39, 0.29) is 17.9 Å². The number of nitrogens with zero attached hydrogens (tertiary/aromatic N) is 1. The first kappa shape index (κ1) is 16.0. The lowest BCUT2D eigenvalue weighted by Crippen LogP contribution is -2.42. The standard InChI is InChI=1S/C14H26N2O3/c1-5-10-6-11(12(7-10)14(18)19)13(17)15-8-9(2)16(3)4/h9-12H,5-8H2,1-4H3,(H,15,17)(H,18,19). The maximum Gasteiger partial charge on any atom is 0.307 e. The van der Waals surface area contributed by atoms with Gasteiger partial charge in [0.1, 0.15) is 0 Å². The summed E-state index contributed by atoms with van der Waals surface area (Å²) in [4.78, 5) is 25.4. The average molecular weight is 270 g/mol. The van der Waals surface area contributed by atoms with Crippen molar-refractivity contribution >= 4 is 11.9 Å². The lowest BCUT2D eigenvalue weighted by atomic mass is 9.95. The van der Waals surface area contributed by atoms with Crippen LogP contribution in [0.5, 0.6) is 0 Å². The maximum absolute atomic E-state index is 12.2. The molecule has 5 nitrogen and oxygen atoms in total. The largest absolute Gasteiger partial charge is 0.481 e. The molecule has 0 aromatic heterocycles. The highest BCUT2D eigenvalue weighted by Crippen LogP contribution is 2.38. The molecular weight excluding hydrogens is 244 g/mol. The Labute approximate surface area is 115 Å². The summed E-state index contributed by atoms with van der Waals surface area (Å²) in [5.41, 5.74) is 0. The quantitative estimate of drug-likeness (QED) is 0.760. The smallest absolute Gasteiger partial charge is 0.307 e. The SMILES string of the molecule is CCC1CC(C(=O)O)C(C(=O)NCC(C)N(C)C)C1. The van der Waals surface area contributed by atoms with Crippen molar-refractivity contribution < 1.29 is 14.7 Å². The fourth-order valence-electron chi connectivity index (χ4n) is 2.60. The summed E-state index contributed by atoms with van der Waals surface area (Å²) in [7, 11) is 3.92. The number of carboxylic acid groups (broad SMARTS) is 1. The Hall–Kier alpha value is -1.10. The zero-order chi connectivity index (χ0) is 14.6. The fourth-order valence-corrected chi connectivity index (χ4v) is 2.60. The molecule has 0 aromatic rings. The van der Waals surface area contributed by atoms with Crippen LogP contribution in [0.4, 0.5) is 0 Å². The topological polar surface area (TPSA) is 69.6 Å². The van der Waals surface area contributed by atoms with Crippen molar-refractivity contribution in [2.75, 3.05) is 20.6 Å². The minimum absolute atomic E-state index is 0.1000. The number of nitrogens with one attached hydrogen (secondary N) is 1. The van der Waals surface area contributed by atoms with E-state index < -0.39 is 11.9 Å². The summed E-state index contributed by atoms with van der Waals surface area (Å²) in [6.45, 7) is 4.64. The van der Waals surface area contributed by atoms with Gasteiger partial charge in [0, 0.05) is 12.6 Å². The molecule has 0 heterocycles. The Balaban J connectivity index is 2.56. The van der Waals surface area contributed by atoms with Gasteiger partial charge in [0.25, 0.3) is 0 Å². The van der Waals surface area contributed by atoms with Crippen LogP contribution in [-0.4, -0.2) is 48.6 Å². The molecule has 2 N–H and O–H groups in total. The normalized spacial score (nSPS) is 28.4. The van der Waals surface area contributed by atoms with Gasteiger partial charge in [-0.3, -0.25) is 9.59 Å². The van der Waals surface area contributed by atoms with Crippen molar-refractivity contribution in [1.82, 2.24) is 10.2 Å². The van der Waals surface area contributed by atoms with E-state index in [2.05, 4.69) is 12.2 Å². The lowest BCUT2D eigenvalue weighted by molar-refractivity contribution is -0.146. The zero-order valence-electron chi connectivity index (χ0n) is 12.3. The van der Waals surface area contributed by atoms with Crippen LogP contribution in [-0.2, 0) is 9.59 Å². The highest BCUT2D eigenvalue weighted by atomic mass is 16.4. The van der Waals surface area contributed by atoms with Crippen LogP contribution in [0.1, 0.15) is 33.1 Å². The van der Waals surface area contributed by atoms with Gasteiger partial charge in [0.2, 0.25) is 5.91 Å². The van der Waals surface area contributed by atoms with Crippen molar-refractivity contribution in [3.8, 4) is 0 Å². The van der Waals surface area contributed by atoms with Gasteiger partial charge in [0.15, 0.2) is 0 Å². The van der Waals surface area contributed by atoms with E-state index in [1.807, 2.05) is 25.9 Å². The molecule has 1 rings (SSSR count). The monoisotopic (exact) mass is 270 g/mol. The summed E-state index contributed by atoms with van der Waals surface area (Å²) >= 11 is 0. The van der Waals surface area contributed by atoms with Gasteiger partial charge in [-0.25, -0.2) is 0 Å². The third-order valence-corrected chi connectivity index (χ3v) is 4.34. The van der Waals surface area contributed by atoms with E-state index in [1.54, 1.807) is 0 Å². The van der Waals surface area contributed by atoms with Gasteiger partial charge in [0.05, 0.1) is 11.8 Å². The Morgan fingerprint density at radius 2 is 1.89 bits per heavy atom. The number of rotatable bonds is 6. The summed E-state index contributed by atoms with van der Waals surface area (Å²) in [6, 6.07) is 0.246. The molecule has 0 saturated heterocycles. The second-order valence-electron chi connectivity index (χ2n) is 5.85. The third-order valence-electron chi connectivity index (χ3n) is 4.34. The van der Waals surface area contributed by atoms with Crippen LogP contribution in [0.3, 0.4) is 0 Å². The maximum atomic E-state index is 12.2. The van der Waals surface area contributed by atoms with Crippen LogP contribution in [0.15, 0.2) is 0 Å². The molecule has 110 valence electrons. The highest BCUT2D eigenvalue weighted by Gasteiger charge is 2.41. The van der Waals surface area contributed by atoms with Gasteiger partial charge in [-0.15, -0.1) is 0 Å². The number of carbonyl (C=O) groups excluding carboxylic acids is 1. The Bertz CT molecular complexity index is 331. The van der Waals surface area contributed by atoms with Crippen LogP contribution >= 0.6 is 0 Å². The molecule has 0 bridgehead atoms. The van der Waals surface area contributed by atoms with Crippen molar-refractivity contribution in [2.45, 2.75) is 39.2 Å². The molecule has 4 atom stereocenters. The van der Waals surface area contributed by atoms with Crippen molar-refractivity contribution in [1.29, 1.82) is 0 Å². The first-order valence-corrected chi connectivity index (χ1v) is 7.03. The minimum Gasteiger partial charge on any atom is -0.481 e. The average Bonchev–Trinajstić information content (AvgIpc) is 2.79. The van der Waals surface area contributed by atoms with E-state index in [1.165, 1.54) is 0 Å². The number of hydrogen-bond acceptors (Lipinski definition) is 3. The molecule has 0 aromatic carbocycles. The number of amides is 1. The van der Waals surface area contributed by atoms with Crippen LogP contribution < -0.4 is 5.32 Å². The van der Waals surface area contributed by atoms with Gasteiger partial charge < -0.3 is 15.3 Å². The highest BCUT2D eigenvalue weighted by molar-refractivity contribution is 5.85. The van der Waals surface area contributed by atoms with Crippen molar-refractivity contribution in [3.05, 3.63) is 0 Å². The number of carboxylic acids is 1. The van der Waals surface area contributed by atoms with Gasteiger partial charge >= 0.3 is 5.97 Å². The molecule has 1 saturated carbocycles. The lowest BCUT2D eigenvalue weighted by Gasteiger charge is -2.22. The second-order valence-corrected chi connectivity index (χ2v) is 5.85. The molecule has 19 heavy (non-hydrogen) atoms. The first-order valence-electron chi connectivity index (χ1n) is 7.03. The Kier molecular flexibility index (Phi) is 5.79. The predicted octanol–water partition coefficient (Wildman–Crippen LogP) is 1.19. The van der Waals surface area contributed by atoms with E-state index >= 15 is 0 Å². The molecule has 1 aliphatic rings. The van der Waals surface area contributed by atoms with Gasteiger partial charge in [-0.05, 0) is 39.8 Å². The van der Waals surface area contributed by atoms with Gasteiger partial charge in [-0.1, -0.05) is 13.3 Å². The van der Waals surface area contributed by atoms with Crippen molar-refractivity contribution in [3.63, 3.8) is 0 Å². The molecule has 4 unspecified atom stereocenters. The Morgan fingerprint density at radius 1 is 1.32 bits per heavy atom. The Morgan fingerprint density at radius 3 is 2.37 bits per heavy atom. The first-order chi connectivity index (χ1) is 8.86. The van der Waals surface area contributed by atoms with E-state index in [4.69, 9.17) is 0 Å². The van der Waals surface area contributed by atoms with Crippen LogP contribution in [0.2, 0.25) is 0 Å². The number of likely N-dealkylation sites (N-methyl/N-ethyl adjacent to an activating group) is 1. The summed E-state index contributed by atoms with van der Waals surface area (Å²) in [6.07, 6.45) is 2.28. The van der Waals surface area contributed by atoms with Crippen LogP contribution in [0.25, 0.3) is 0 Å². The predicted molar refractivity (Wildman–Crippen MR) is 73.8 cm³/mol. The second kappa shape index (κ2) is 6.89. The molecule has 0 spiro atoms. The molecular formula is C14H26N2O3. The molecule has 0 radical (unpaired) electrons. The fraction of sp³-hybridized carbons (Fsp3) is 0.857. The molecule has 5 heteroatoms.